The van der Waals surface area contributed by atoms with Crippen molar-refractivity contribution in [3.8, 4) is 0 Å². The summed E-state index contributed by atoms with van der Waals surface area (Å²) in [6.07, 6.45) is 16.2. The second-order valence-electron chi connectivity index (χ2n) is 33.1. The van der Waals surface area contributed by atoms with Crippen LogP contribution in [-0.2, 0) is 136 Å². The summed E-state index contributed by atoms with van der Waals surface area (Å²) in [5, 5.41) is 91.0. The normalized spacial score (nSPS) is 15.1. The van der Waals surface area contributed by atoms with E-state index in [1.807, 2.05) is 5.38 Å². The predicted octanol–water partition coefficient (Wildman–Crippen LogP) is 10.2. The molecule has 3 aliphatic rings. The van der Waals surface area contributed by atoms with E-state index < -0.39 is 138 Å². The number of amides is 3. The molecule has 8 aromatic rings. The third kappa shape index (κ3) is 54.9. The summed E-state index contributed by atoms with van der Waals surface area (Å²) < 4.78 is 124. The van der Waals surface area contributed by atoms with Gasteiger partial charge in [-0.2, -0.15) is 0 Å². The van der Waals surface area contributed by atoms with E-state index >= 15 is 0 Å². The smallest absolute Gasteiger partial charge is 0.768 e. The van der Waals surface area contributed by atoms with Gasteiger partial charge >= 0.3 is 37.1 Å². The number of Topliss-reactive ketones (excluding diaryl/α,β-unsaturated/α-hetero) is 1. The molecule has 0 radical (unpaired) electrons. The number of nitrogens with two attached hydrogens (primary N) is 3. The monoisotopic (exact) mass is 2090 g/mol. The van der Waals surface area contributed by atoms with Crippen LogP contribution >= 0.6 is 90.7 Å². The molecule has 11 rings (SSSR count). The number of thiazole rings is 8. The molecule has 0 bridgehead atoms. The standard InChI is InChI=1S/2C11H19N3O4S2.C11H18N2O4S2.C7H11NO3S2.C6H10N2O2S2.C6H9NO3S2.C6H9NOS.C5H5NOS.3C4H8O.Li.H3N/c2*1-10(2,3)18-9(15)14-20(12,17)7-6-13-8(19-7)11(4,5)16;1-10(2,3)17-9(14)13-19(16)7-6-12-8(18-7)11(4,5)15;1-7(2,9)6-8-4-5(12-6)13(10)11-3;1-6(2,9)5-8-3-4(11-5)12(7)10;1-6(2,8)5-7-3-4(11-5)12(9)10;1-6(2,8)5-7-3-4-9-5;1-4(7)5-6-2-3-8-5;3*1-2-4-5-3-1;;/h2*6,16H,1-5H3,(H2,12,14,15,17);6,15H,1-5H3,(H,13,14);4,9H,1-3H3;3,9H,7H2,1-2H3;3,8H,1-2H3,(H,9,10);3-4,8H,1-2H3;2-3H,1H3;3*1-4H2;;1H3/q;;;;;;;;;;;+1;/p-1. The van der Waals surface area contributed by atoms with E-state index in [1.54, 1.807) is 177 Å². The van der Waals surface area contributed by atoms with E-state index in [0.29, 0.717) is 47.7 Å². The first kappa shape index (κ1) is 127. The summed E-state index contributed by atoms with van der Waals surface area (Å²) in [4.78, 5) is 76.2. The van der Waals surface area contributed by atoms with Crippen LogP contribution in [0, 0.1) is 0 Å². The number of rotatable bonds is 16. The van der Waals surface area contributed by atoms with Crippen LogP contribution in [-0.4, -0.2) is 193 Å². The van der Waals surface area contributed by atoms with E-state index in [9.17, 15) is 84.7 Å². The van der Waals surface area contributed by atoms with Crippen LogP contribution in [0.1, 0.15) is 250 Å². The van der Waals surface area contributed by atoms with Crippen molar-refractivity contribution in [2.24, 2.45) is 24.1 Å². The molecule has 0 spiro atoms. The van der Waals surface area contributed by atoms with Gasteiger partial charge in [0.25, 0.3) is 0 Å². The Hall–Kier alpha value is -4.62. The van der Waals surface area contributed by atoms with Crippen molar-refractivity contribution in [2.45, 2.75) is 286 Å². The summed E-state index contributed by atoms with van der Waals surface area (Å²) in [7, 11) is -8.73. The van der Waals surface area contributed by atoms with Crippen LogP contribution < -0.4 is 45.2 Å². The molecule has 3 aliphatic heterocycles. The molecule has 0 aliphatic carbocycles. The SMILES string of the molecule is C1CCOC1.C1CCOC1.C1CCOC1.CC(=O)c1nccs1.CC(C)(C)OC(=O)N=S(N)(=O)c1cnc(C(C)(C)O)s1.CC(C)(C)OC(=O)N=S(N)(=O)c1cnc(C(C)(C)O)s1.CC(C)(C)OC(=O)NS(=O)c1cnc(C(C)(C)O)s1.CC(C)(O)c1ncc(S(=O)[O-])s1.CC(C)(O)c1ncc(S(N)=O)s1.CC(C)(O)c1nccs1.COS(=O)c1cnc(C(C)(C)O)s1.N.[Li+]. The Morgan fingerprint density at radius 1 is 0.438 bits per heavy atom. The minimum absolute atomic E-state index is 0. The third-order valence-electron chi connectivity index (χ3n) is 13.4. The van der Waals surface area contributed by atoms with E-state index in [1.165, 1.54) is 124 Å². The maximum absolute atomic E-state index is 12.2. The molecule has 6 unspecified atom stereocenters. The maximum atomic E-state index is 12.2. The Balaban J connectivity index is 0. The average Bonchev–Trinajstić information content (AvgIpc) is 1.67. The number of hydrogen-bond acceptors (Lipinski definition) is 42. The molecule has 736 valence electrons. The molecule has 55 heteroatoms. The van der Waals surface area contributed by atoms with E-state index in [0.717, 1.165) is 101 Å². The molecule has 0 saturated carbocycles. The molecule has 3 fully saturated rings. The van der Waals surface area contributed by atoms with Crippen molar-refractivity contribution in [1.82, 2.24) is 50.7 Å². The summed E-state index contributed by atoms with van der Waals surface area (Å²) >= 11 is 5.42. The van der Waals surface area contributed by atoms with Gasteiger partial charge in [-0.25, -0.2) is 95.4 Å². The fourth-order valence-corrected chi connectivity index (χ4v) is 19.0. The van der Waals surface area contributed by atoms with Gasteiger partial charge in [-0.05, 0) is 209 Å². The Morgan fingerprint density at radius 2 is 0.723 bits per heavy atom. The molecule has 0 aromatic carbocycles. The molecule has 3 amide bonds. The number of nitrogens with one attached hydrogen (secondary N) is 1. The number of carbonyl (C=O) groups is 4. The molecule has 130 heavy (non-hydrogen) atoms. The first-order valence-corrected chi connectivity index (χ1v) is 52.7. The molecule has 6 atom stereocenters. The second-order valence-corrected chi connectivity index (χ2v) is 50.5. The maximum Gasteiger partial charge on any atom is 1.00 e. The number of aliphatic hydroxyl groups is 7. The first-order chi connectivity index (χ1) is 58.3. The summed E-state index contributed by atoms with van der Waals surface area (Å²) in [5.74, 6) is 0.0417. The van der Waals surface area contributed by atoms with Crippen LogP contribution in [0.25, 0.3) is 0 Å². The van der Waals surface area contributed by atoms with Crippen molar-refractivity contribution in [1.29, 1.82) is 0 Å². The summed E-state index contributed by atoms with van der Waals surface area (Å²) in [5.41, 5.74) is -9.41. The molecule has 3 saturated heterocycles. The largest absolute Gasteiger partial charge is 1.00 e. The number of aromatic nitrogens is 8. The van der Waals surface area contributed by atoms with Gasteiger partial charge in [0.15, 0.2) is 41.6 Å². The number of carbonyl (C=O) groups excluding carboxylic acids is 4. The Morgan fingerprint density at radius 3 is 0.946 bits per heavy atom. The number of ether oxygens (including phenoxy) is 6. The Kier molecular flexibility index (Phi) is 56.4. The minimum atomic E-state index is -3.43. The van der Waals surface area contributed by atoms with Crippen molar-refractivity contribution in [3.63, 3.8) is 0 Å². The molecule has 11 heterocycles. The zero-order valence-corrected chi connectivity index (χ0v) is 89.3. The van der Waals surface area contributed by atoms with Crippen molar-refractivity contribution >= 4 is 179 Å². The number of nitrogens with zero attached hydrogens (tertiary/aromatic N) is 10. The molecular weight excluding hydrogens is 1970 g/mol. The Bertz CT molecular complexity index is 4800. The van der Waals surface area contributed by atoms with Crippen LogP contribution in [0.3, 0.4) is 0 Å². The molecule has 17 N–H and O–H groups in total. The topological polar surface area (TPSA) is 653 Å². The van der Waals surface area contributed by atoms with Gasteiger partial charge < -0.3 is 74.9 Å². The van der Waals surface area contributed by atoms with Gasteiger partial charge in [0.2, 0.25) is 11.1 Å². The fourth-order valence-electron chi connectivity index (χ4n) is 7.69. The van der Waals surface area contributed by atoms with Crippen molar-refractivity contribution in [2.75, 3.05) is 46.8 Å². The van der Waals surface area contributed by atoms with Crippen LogP contribution in [0.15, 0.2) is 94.3 Å². The first-order valence-electron chi connectivity index (χ1n) is 38.4. The zero-order chi connectivity index (χ0) is 98.6. The van der Waals surface area contributed by atoms with Gasteiger partial charge in [-0.1, -0.05) is 0 Å². The van der Waals surface area contributed by atoms with Crippen LogP contribution in [0.2, 0.25) is 0 Å². The third-order valence-corrected chi connectivity index (χ3v) is 31.4. The van der Waals surface area contributed by atoms with Gasteiger partial charge in [0.1, 0.15) is 123 Å². The Labute approximate surface area is 815 Å². The second kappa shape index (κ2) is 57.6. The van der Waals surface area contributed by atoms with Gasteiger partial charge in [0.05, 0.1) is 48.5 Å². The molecule has 8 aromatic heterocycles. The van der Waals surface area contributed by atoms with Crippen molar-refractivity contribution < 1.29 is 136 Å². The summed E-state index contributed by atoms with van der Waals surface area (Å²) in [6.45, 7) is 45.1. The predicted molar refractivity (Wildman–Crippen MR) is 504 cm³/mol. The van der Waals surface area contributed by atoms with E-state index in [2.05, 4.69) is 57.5 Å². The van der Waals surface area contributed by atoms with E-state index in [-0.39, 0.29) is 43.4 Å². The average molecular weight is 2090 g/mol. The minimum Gasteiger partial charge on any atom is -0.768 e. The van der Waals surface area contributed by atoms with Gasteiger partial charge in [-0.3, -0.25) is 13.2 Å². The number of ketones is 1. The van der Waals surface area contributed by atoms with E-state index in [4.69, 9.17) is 43.8 Å². The molecule has 40 nitrogen and oxygen atoms in total. The van der Waals surface area contributed by atoms with Crippen LogP contribution in [0.4, 0.5) is 14.4 Å². The van der Waals surface area contributed by atoms with Gasteiger partial charge in [0, 0.05) is 69.7 Å². The van der Waals surface area contributed by atoms with Crippen molar-refractivity contribution in [3.05, 3.63) is 100 Å². The molecular formula is C75H126LiN15O25S14. The number of hydrogen-bond donors (Lipinski definition) is 12. The fraction of sp³-hybridized carbons (Fsp3) is 0.627. The quantitative estimate of drug-likeness (QED) is 0.0185. The summed E-state index contributed by atoms with van der Waals surface area (Å²) in [6, 6.07) is 0. The zero-order valence-electron chi connectivity index (χ0n) is 77.9. The van der Waals surface area contributed by atoms with Crippen LogP contribution in [0.5, 0.6) is 0 Å². The van der Waals surface area contributed by atoms with Gasteiger partial charge in [-0.15, -0.1) is 99.4 Å².